The van der Waals surface area contributed by atoms with Crippen molar-refractivity contribution in [3.8, 4) is 5.75 Å². The van der Waals surface area contributed by atoms with Gasteiger partial charge in [-0.25, -0.2) is 0 Å². The first-order valence-electron chi connectivity index (χ1n) is 10.2. The summed E-state index contributed by atoms with van der Waals surface area (Å²) in [4.78, 5) is 14.5. The van der Waals surface area contributed by atoms with E-state index in [2.05, 4.69) is 5.32 Å². The van der Waals surface area contributed by atoms with Gasteiger partial charge in [-0.15, -0.1) is 11.6 Å². The van der Waals surface area contributed by atoms with Gasteiger partial charge in [0.05, 0.1) is 12.6 Å². The van der Waals surface area contributed by atoms with E-state index in [1.807, 2.05) is 89.8 Å². The van der Waals surface area contributed by atoms with Gasteiger partial charge in [0, 0.05) is 24.7 Å². The smallest absolute Gasteiger partial charge is 0.238 e. The molecule has 6 heteroatoms. The highest BCUT2D eigenvalue weighted by Gasteiger charge is 2.15. The molecule has 3 aromatic carbocycles. The molecular weight excluding hydrogens is 412 g/mol. The molecule has 0 aliphatic rings. The third-order valence-corrected chi connectivity index (χ3v) is 5.01. The Labute approximate surface area is 188 Å². The van der Waals surface area contributed by atoms with Gasteiger partial charge in [-0.05, 0) is 35.4 Å². The van der Waals surface area contributed by atoms with Gasteiger partial charge in [-0.3, -0.25) is 9.69 Å². The van der Waals surface area contributed by atoms with Crippen LogP contribution in [-0.4, -0.2) is 41.0 Å². The molecule has 3 rings (SSSR count). The van der Waals surface area contributed by atoms with Crippen LogP contribution < -0.4 is 10.1 Å². The maximum Gasteiger partial charge on any atom is 0.238 e. The molecule has 3 aromatic rings. The topological polar surface area (TPSA) is 61.8 Å². The van der Waals surface area contributed by atoms with E-state index in [1.165, 1.54) is 0 Å². The van der Waals surface area contributed by atoms with Crippen LogP contribution in [0.3, 0.4) is 0 Å². The number of alkyl halides is 1. The Morgan fingerprint density at radius 3 is 2.16 bits per heavy atom. The molecule has 0 aromatic heterocycles. The van der Waals surface area contributed by atoms with E-state index in [1.54, 1.807) is 0 Å². The lowest BCUT2D eigenvalue weighted by molar-refractivity contribution is -0.117. The third-order valence-electron chi connectivity index (χ3n) is 4.65. The fourth-order valence-electron chi connectivity index (χ4n) is 3.15. The average molecular weight is 439 g/mol. The predicted molar refractivity (Wildman–Crippen MR) is 124 cm³/mol. The Kier molecular flexibility index (Phi) is 8.91. The maximum atomic E-state index is 12.6. The number of carbonyl (C=O) groups is 1. The van der Waals surface area contributed by atoms with Gasteiger partial charge in [-0.1, -0.05) is 60.7 Å². The monoisotopic (exact) mass is 438 g/mol. The number of hydrogen-bond acceptors (Lipinski definition) is 4. The van der Waals surface area contributed by atoms with Crippen molar-refractivity contribution in [1.29, 1.82) is 0 Å². The lowest BCUT2D eigenvalue weighted by Crippen LogP contribution is -2.38. The zero-order chi connectivity index (χ0) is 21.9. The van der Waals surface area contributed by atoms with Crippen molar-refractivity contribution >= 4 is 23.2 Å². The van der Waals surface area contributed by atoms with E-state index in [-0.39, 0.29) is 18.3 Å². The summed E-state index contributed by atoms with van der Waals surface area (Å²) in [6, 6.07) is 27.1. The molecule has 1 atom stereocenters. The second kappa shape index (κ2) is 12.1. The normalized spacial score (nSPS) is 11.8. The molecule has 1 amide bonds. The zero-order valence-electron chi connectivity index (χ0n) is 17.3. The molecule has 0 aliphatic carbocycles. The van der Waals surface area contributed by atoms with Crippen LogP contribution in [-0.2, 0) is 17.9 Å². The van der Waals surface area contributed by atoms with Gasteiger partial charge in [0.25, 0.3) is 0 Å². The minimum absolute atomic E-state index is 0.122. The summed E-state index contributed by atoms with van der Waals surface area (Å²) in [5.74, 6) is 0.700. The minimum atomic E-state index is -0.695. The van der Waals surface area contributed by atoms with E-state index < -0.39 is 6.10 Å². The Hall–Kier alpha value is -2.86. The zero-order valence-corrected chi connectivity index (χ0v) is 18.0. The number of aliphatic hydroxyl groups is 1. The number of hydrogen-bond donors (Lipinski definition) is 2. The molecule has 0 saturated carbocycles. The molecule has 2 N–H and O–H groups in total. The molecule has 0 fully saturated rings. The summed E-state index contributed by atoms with van der Waals surface area (Å²) < 4.78 is 5.78. The second-order valence-corrected chi connectivity index (χ2v) is 7.62. The van der Waals surface area contributed by atoms with Gasteiger partial charge >= 0.3 is 0 Å². The molecule has 0 bridgehead atoms. The molecule has 0 radical (unpaired) electrons. The van der Waals surface area contributed by atoms with Crippen molar-refractivity contribution < 1.29 is 14.6 Å². The van der Waals surface area contributed by atoms with Crippen LogP contribution in [0.15, 0.2) is 84.9 Å². The highest BCUT2D eigenvalue weighted by Crippen LogP contribution is 2.17. The molecule has 0 saturated heterocycles. The Balaban J connectivity index is 1.53. The molecule has 1 unspecified atom stereocenters. The summed E-state index contributed by atoms with van der Waals surface area (Å²) in [5, 5.41) is 12.9. The quantitative estimate of drug-likeness (QED) is 0.438. The standard InChI is InChI=1S/C25H27ClN2O3/c26-15-23(29)17-28(16-20-7-3-1-4-8-20)18-25(30)27-22-11-13-24(14-12-22)31-19-21-9-5-2-6-10-21/h1-14,23,29H,15-19H2,(H,27,30). The van der Waals surface area contributed by atoms with Crippen LogP contribution in [0.25, 0.3) is 0 Å². The molecule has 0 aliphatic heterocycles. The lowest BCUT2D eigenvalue weighted by atomic mass is 10.2. The van der Waals surface area contributed by atoms with Gasteiger partial charge < -0.3 is 15.2 Å². The number of nitrogens with one attached hydrogen (secondary N) is 1. The molecular formula is C25H27ClN2O3. The van der Waals surface area contributed by atoms with E-state index >= 15 is 0 Å². The molecule has 162 valence electrons. The number of halogens is 1. The summed E-state index contributed by atoms with van der Waals surface area (Å²) in [6.07, 6.45) is -0.695. The van der Waals surface area contributed by atoms with Gasteiger partial charge in [0.1, 0.15) is 12.4 Å². The molecule has 5 nitrogen and oxygen atoms in total. The lowest BCUT2D eigenvalue weighted by Gasteiger charge is -2.24. The second-order valence-electron chi connectivity index (χ2n) is 7.31. The highest BCUT2D eigenvalue weighted by molar-refractivity contribution is 6.18. The highest BCUT2D eigenvalue weighted by atomic mass is 35.5. The average Bonchev–Trinajstić information content (AvgIpc) is 2.80. The van der Waals surface area contributed by atoms with Crippen LogP contribution >= 0.6 is 11.6 Å². The van der Waals surface area contributed by atoms with Crippen molar-refractivity contribution in [2.75, 3.05) is 24.3 Å². The molecule has 31 heavy (non-hydrogen) atoms. The first-order valence-corrected chi connectivity index (χ1v) is 10.7. The van der Waals surface area contributed by atoms with Crippen LogP contribution in [0.1, 0.15) is 11.1 Å². The minimum Gasteiger partial charge on any atom is -0.489 e. The largest absolute Gasteiger partial charge is 0.489 e. The number of rotatable bonds is 11. The van der Waals surface area contributed by atoms with Crippen LogP contribution in [0.2, 0.25) is 0 Å². The number of amides is 1. The Morgan fingerprint density at radius 2 is 1.55 bits per heavy atom. The van der Waals surface area contributed by atoms with Crippen LogP contribution in [0, 0.1) is 0 Å². The molecule has 0 spiro atoms. The number of carbonyl (C=O) groups excluding carboxylic acids is 1. The third kappa shape index (κ3) is 8.06. The van der Waals surface area contributed by atoms with Gasteiger partial charge in [0.2, 0.25) is 5.91 Å². The van der Waals surface area contributed by atoms with Crippen molar-refractivity contribution in [2.45, 2.75) is 19.3 Å². The number of aliphatic hydroxyl groups excluding tert-OH is 1. The van der Waals surface area contributed by atoms with Crippen molar-refractivity contribution in [3.05, 3.63) is 96.1 Å². The van der Waals surface area contributed by atoms with Gasteiger partial charge in [0.15, 0.2) is 0 Å². The predicted octanol–water partition coefficient (Wildman–Crippen LogP) is 4.31. The van der Waals surface area contributed by atoms with E-state index in [4.69, 9.17) is 16.3 Å². The van der Waals surface area contributed by atoms with Crippen molar-refractivity contribution in [2.24, 2.45) is 0 Å². The SMILES string of the molecule is O=C(CN(Cc1ccccc1)CC(O)CCl)Nc1ccc(OCc2ccccc2)cc1. The van der Waals surface area contributed by atoms with Crippen molar-refractivity contribution in [1.82, 2.24) is 4.90 Å². The van der Waals surface area contributed by atoms with Crippen LogP contribution in [0.5, 0.6) is 5.75 Å². The van der Waals surface area contributed by atoms with Crippen molar-refractivity contribution in [3.63, 3.8) is 0 Å². The fraction of sp³-hybridized carbons (Fsp3) is 0.240. The summed E-state index contributed by atoms with van der Waals surface area (Å²) in [7, 11) is 0. The number of anilines is 1. The van der Waals surface area contributed by atoms with Crippen LogP contribution in [0.4, 0.5) is 5.69 Å². The number of benzene rings is 3. The Bertz CT molecular complexity index is 921. The number of ether oxygens (including phenoxy) is 1. The summed E-state index contributed by atoms with van der Waals surface area (Å²) in [5.41, 5.74) is 2.85. The van der Waals surface area contributed by atoms with E-state index in [9.17, 15) is 9.90 Å². The molecule has 0 heterocycles. The summed E-state index contributed by atoms with van der Waals surface area (Å²) in [6.45, 7) is 1.51. The van der Waals surface area contributed by atoms with Gasteiger partial charge in [-0.2, -0.15) is 0 Å². The van der Waals surface area contributed by atoms with E-state index in [0.29, 0.717) is 25.4 Å². The Morgan fingerprint density at radius 1 is 0.935 bits per heavy atom. The first-order chi connectivity index (χ1) is 15.1. The van der Waals surface area contributed by atoms with E-state index in [0.717, 1.165) is 16.9 Å². The number of nitrogens with zero attached hydrogens (tertiary/aromatic N) is 1. The maximum absolute atomic E-state index is 12.6. The fourth-order valence-corrected chi connectivity index (χ4v) is 3.25. The first kappa shape index (κ1) is 22.8. The summed E-state index contributed by atoms with van der Waals surface area (Å²) >= 11 is 5.76.